The minimum atomic E-state index is -3.30. The van der Waals surface area contributed by atoms with E-state index in [1.807, 2.05) is 6.07 Å². The zero-order valence-corrected chi connectivity index (χ0v) is 12.2. The van der Waals surface area contributed by atoms with E-state index in [0.29, 0.717) is 23.6 Å². The van der Waals surface area contributed by atoms with Gasteiger partial charge in [0.05, 0.1) is 11.8 Å². The van der Waals surface area contributed by atoms with Gasteiger partial charge < -0.3 is 5.32 Å². The molecule has 1 aromatic heterocycles. The van der Waals surface area contributed by atoms with Crippen LogP contribution in [-0.2, 0) is 16.6 Å². The highest BCUT2D eigenvalue weighted by Crippen LogP contribution is 2.15. The first kappa shape index (κ1) is 14.8. The third-order valence-electron chi connectivity index (χ3n) is 2.62. The lowest BCUT2D eigenvalue weighted by molar-refractivity contribution is 0.607. The monoisotopic (exact) mass is 302 g/mol. The third kappa shape index (κ3) is 4.47. The molecule has 0 spiro atoms. The molecule has 0 unspecified atom stereocenters. The number of nitrogens with zero attached hydrogens (tertiary/aromatic N) is 2. The van der Waals surface area contributed by atoms with Gasteiger partial charge in [0.15, 0.2) is 0 Å². The molecular formula is C14H14N4O2S. The second-order valence-electron chi connectivity index (χ2n) is 4.44. The fraction of sp³-hybridized carbons (Fsp3) is 0.143. The second-order valence-corrected chi connectivity index (χ2v) is 6.19. The normalized spacial score (nSPS) is 10.7. The summed E-state index contributed by atoms with van der Waals surface area (Å²) in [6.07, 6.45) is 2.70. The number of hydrogen-bond acceptors (Lipinski definition) is 5. The first-order chi connectivity index (χ1) is 9.98. The van der Waals surface area contributed by atoms with Crippen LogP contribution in [0, 0.1) is 11.3 Å². The molecule has 2 rings (SSSR count). The van der Waals surface area contributed by atoms with Gasteiger partial charge in [-0.2, -0.15) is 5.26 Å². The number of nitrogens with one attached hydrogen (secondary N) is 2. The van der Waals surface area contributed by atoms with Crippen molar-refractivity contribution in [3.05, 3.63) is 53.7 Å². The Kier molecular flexibility index (Phi) is 4.40. The maximum Gasteiger partial charge on any atom is 0.229 e. The molecule has 2 aromatic rings. The number of sulfonamides is 1. The predicted molar refractivity (Wildman–Crippen MR) is 81.2 cm³/mol. The van der Waals surface area contributed by atoms with Crippen LogP contribution in [0.2, 0.25) is 0 Å². The summed E-state index contributed by atoms with van der Waals surface area (Å²) in [6, 6.07) is 12.4. The van der Waals surface area contributed by atoms with Crippen molar-refractivity contribution in [3.63, 3.8) is 0 Å². The molecule has 0 fully saturated rings. The summed E-state index contributed by atoms with van der Waals surface area (Å²) >= 11 is 0. The smallest absolute Gasteiger partial charge is 0.229 e. The van der Waals surface area contributed by atoms with E-state index in [-0.39, 0.29) is 0 Å². The summed E-state index contributed by atoms with van der Waals surface area (Å²) < 4.78 is 24.8. The van der Waals surface area contributed by atoms with Crippen molar-refractivity contribution in [3.8, 4) is 6.07 Å². The predicted octanol–water partition coefficient (Wildman–Crippen LogP) is 1.94. The molecule has 0 saturated heterocycles. The van der Waals surface area contributed by atoms with E-state index in [4.69, 9.17) is 5.26 Å². The lowest BCUT2D eigenvalue weighted by Crippen LogP contribution is -2.10. The van der Waals surface area contributed by atoms with E-state index in [1.54, 1.807) is 36.5 Å². The molecule has 6 nitrogen and oxygen atoms in total. The molecule has 1 aromatic carbocycles. The maximum atomic E-state index is 11.2. The largest absolute Gasteiger partial charge is 0.365 e. The molecule has 0 radical (unpaired) electrons. The minimum absolute atomic E-state index is 0.435. The van der Waals surface area contributed by atoms with Crippen molar-refractivity contribution in [2.75, 3.05) is 16.3 Å². The van der Waals surface area contributed by atoms with Gasteiger partial charge >= 0.3 is 0 Å². The summed E-state index contributed by atoms with van der Waals surface area (Å²) in [5, 5.41) is 12.0. The molecule has 0 bridgehead atoms. The van der Waals surface area contributed by atoms with Crippen LogP contribution in [-0.4, -0.2) is 19.7 Å². The molecule has 0 amide bonds. The van der Waals surface area contributed by atoms with Crippen molar-refractivity contribution in [1.82, 2.24) is 4.98 Å². The highest BCUT2D eigenvalue weighted by atomic mass is 32.2. The van der Waals surface area contributed by atoms with Crippen LogP contribution in [0.3, 0.4) is 0 Å². The third-order valence-corrected chi connectivity index (χ3v) is 3.22. The lowest BCUT2D eigenvalue weighted by Gasteiger charge is -2.09. The Hall–Kier alpha value is -2.59. The molecule has 0 aliphatic carbocycles. The van der Waals surface area contributed by atoms with Crippen molar-refractivity contribution < 1.29 is 8.42 Å². The van der Waals surface area contributed by atoms with Gasteiger partial charge in [0.2, 0.25) is 10.0 Å². The van der Waals surface area contributed by atoms with Crippen LogP contribution < -0.4 is 10.0 Å². The lowest BCUT2D eigenvalue weighted by atomic mass is 10.2. The summed E-state index contributed by atoms with van der Waals surface area (Å²) in [4.78, 5) is 4.10. The van der Waals surface area contributed by atoms with Gasteiger partial charge in [0.25, 0.3) is 0 Å². The van der Waals surface area contributed by atoms with Gasteiger partial charge in [0, 0.05) is 18.4 Å². The summed E-state index contributed by atoms with van der Waals surface area (Å²) in [5.41, 5.74) is 1.83. The number of pyridine rings is 1. The molecule has 0 saturated carbocycles. The molecule has 0 aliphatic rings. The highest BCUT2D eigenvalue weighted by Gasteiger charge is 2.04. The Morgan fingerprint density at radius 2 is 2.10 bits per heavy atom. The number of benzene rings is 1. The fourth-order valence-electron chi connectivity index (χ4n) is 1.78. The Labute approximate surface area is 123 Å². The standard InChI is InChI=1S/C14H14N4O2S/c1-21(19,20)18-13-6-2-4-11(8-13)10-17-14-12(9-15)5-3-7-16-14/h2-8,18H,10H2,1H3,(H,16,17). The first-order valence-corrected chi connectivity index (χ1v) is 8.03. The van der Waals surface area contributed by atoms with Gasteiger partial charge in [0.1, 0.15) is 11.9 Å². The van der Waals surface area contributed by atoms with Crippen LogP contribution in [0.4, 0.5) is 11.5 Å². The van der Waals surface area contributed by atoms with Gasteiger partial charge in [-0.15, -0.1) is 0 Å². The average Bonchev–Trinajstić information content (AvgIpc) is 2.44. The molecular weight excluding hydrogens is 288 g/mol. The zero-order chi connectivity index (χ0) is 15.3. The topological polar surface area (TPSA) is 94.9 Å². The summed E-state index contributed by atoms with van der Waals surface area (Å²) in [6.45, 7) is 0.435. The Morgan fingerprint density at radius 3 is 2.81 bits per heavy atom. The Bertz CT molecular complexity index is 782. The first-order valence-electron chi connectivity index (χ1n) is 6.13. The van der Waals surface area contributed by atoms with E-state index >= 15 is 0 Å². The van der Waals surface area contributed by atoms with Crippen LogP contribution in [0.25, 0.3) is 0 Å². The van der Waals surface area contributed by atoms with Gasteiger partial charge in [-0.3, -0.25) is 4.72 Å². The summed E-state index contributed by atoms with van der Waals surface area (Å²) in [5.74, 6) is 0.501. The van der Waals surface area contributed by atoms with Gasteiger partial charge in [-0.25, -0.2) is 13.4 Å². The molecule has 21 heavy (non-hydrogen) atoms. The molecule has 7 heteroatoms. The number of aromatic nitrogens is 1. The van der Waals surface area contributed by atoms with Gasteiger partial charge in [-0.1, -0.05) is 12.1 Å². The number of nitriles is 1. The summed E-state index contributed by atoms with van der Waals surface area (Å²) in [7, 11) is -3.30. The molecule has 1 heterocycles. The van der Waals surface area contributed by atoms with E-state index in [1.165, 1.54) is 0 Å². The van der Waals surface area contributed by atoms with Crippen molar-refractivity contribution >= 4 is 21.5 Å². The fourth-order valence-corrected chi connectivity index (χ4v) is 2.34. The van der Waals surface area contributed by atoms with Crippen LogP contribution in [0.5, 0.6) is 0 Å². The number of rotatable bonds is 5. The van der Waals surface area contributed by atoms with E-state index in [9.17, 15) is 8.42 Å². The van der Waals surface area contributed by atoms with Gasteiger partial charge in [-0.05, 0) is 29.8 Å². The van der Waals surface area contributed by atoms with Crippen LogP contribution in [0.15, 0.2) is 42.6 Å². The molecule has 2 N–H and O–H groups in total. The second kappa shape index (κ2) is 6.24. The Morgan fingerprint density at radius 1 is 1.29 bits per heavy atom. The molecule has 0 aliphatic heterocycles. The van der Waals surface area contributed by atoms with Crippen LogP contribution in [0.1, 0.15) is 11.1 Å². The quantitative estimate of drug-likeness (QED) is 0.880. The number of hydrogen-bond donors (Lipinski definition) is 2. The highest BCUT2D eigenvalue weighted by molar-refractivity contribution is 7.92. The number of anilines is 2. The minimum Gasteiger partial charge on any atom is -0.365 e. The molecule has 108 valence electrons. The van der Waals surface area contributed by atoms with E-state index in [2.05, 4.69) is 21.1 Å². The molecule has 0 atom stereocenters. The Balaban J connectivity index is 2.10. The average molecular weight is 302 g/mol. The van der Waals surface area contributed by atoms with Crippen molar-refractivity contribution in [2.24, 2.45) is 0 Å². The van der Waals surface area contributed by atoms with Crippen molar-refractivity contribution in [1.29, 1.82) is 5.26 Å². The van der Waals surface area contributed by atoms with E-state index < -0.39 is 10.0 Å². The van der Waals surface area contributed by atoms with E-state index in [0.717, 1.165) is 11.8 Å². The van der Waals surface area contributed by atoms with Crippen molar-refractivity contribution in [2.45, 2.75) is 6.54 Å². The SMILES string of the molecule is CS(=O)(=O)Nc1cccc(CNc2ncccc2C#N)c1. The van der Waals surface area contributed by atoms with Crippen LogP contribution >= 0.6 is 0 Å². The zero-order valence-electron chi connectivity index (χ0n) is 11.4. The maximum absolute atomic E-state index is 11.2.